The summed E-state index contributed by atoms with van der Waals surface area (Å²) in [5, 5.41) is 22.6. The fraction of sp³-hybridized carbons (Fsp3) is 1.00. The molecule has 6 atom stereocenters. The summed E-state index contributed by atoms with van der Waals surface area (Å²) in [5.41, 5.74) is 0. The van der Waals surface area contributed by atoms with Crippen molar-refractivity contribution < 1.29 is 28.5 Å². The van der Waals surface area contributed by atoms with Crippen LogP contribution in [0.5, 0.6) is 0 Å². The number of nitrogens with two attached hydrogens (primary N) is 1. The van der Waals surface area contributed by atoms with Crippen LogP contribution in [-0.4, -0.2) is 47.6 Å². The molecule has 1 saturated heterocycles. The summed E-state index contributed by atoms with van der Waals surface area (Å²) < 4.78 is 33.5. The molecule has 1 saturated carbocycles. The molecule has 2 fully saturated rings. The first kappa shape index (κ1) is 17.1. The molecule has 1 heterocycles. The molecular formula is C14H26NO5S-. The zero-order valence-electron chi connectivity index (χ0n) is 12.5. The predicted octanol–water partition coefficient (Wildman–Crippen LogP) is -1.32. The van der Waals surface area contributed by atoms with E-state index in [-0.39, 0.29) is 18.4 Å². The lowest BCUT2D eigenvalue weighted by Crippen LogP contribution is -2.99. The molecule has 6 unspecified atom stereocenters. The van der Waals surface area contributed by atoms with Crippen LogP contribution < -0.4 is 10.4 Å². The van der Waals surface area contributed by atoms with Gasteiger partial charge in [0.2, 0.25) is 0 Å². The number of aliphatic hydroxyl groups is 1. The third-order valence-corrected chi connectivity index (χ3v) is 6.35. The zero-order chi connectivity index (χ0) is 15.6. The molecule has 0 bridgehead atoms. The first-order valence-electron chi connectivity index (χ1n) is 7.91. The summed E-state index contributed by atoms with van der Waals surface area (Å²) in [7, 11) is -4.44. The molecule has 0 aromatic carbocycles. The minimum absolute atomic E-state index is 0.0582. The van der Waals surface area contributed by atoms with Crippen molar-refractivity contribution in [1.82, 2.24) is 0 Å². The minimum Gasteiger partial charge on any atom is -0.848 e. The summed E-state index contributed by atoms with van der Waals surface area (Å²) in [4.78, 5) is 0. The van der Waals surface area contributed by atoms with Crippen molar-refractivity contribution in [3.8, 4) is 0 Å². The highest BCUT2D eigenvalue weighted by Gasteiger charge is 2.34. The molecule has 0 radical (unpaired) electrons. The maximum Gasteiger partial charge on any atom is 0.100 e. The van der Waals surface area contributed by atoms with Crippen molar-refractivity contribution >= 4 is 10.1 Å². The summed E-state index contributed by atoms with van der Waals surface area (Å²) in [6, 6.07) is 0.533. The van der Waals surface area contributed by atoms with Crippen LogP contribution in [0.1, 0.15) is 51.9 Å². The van der Waals surface area contributed by atoms with E-state index in [9.17, 15) is 23.2 Å². The van der Waals surface area contributed by atoms with Gasteiger partial charge >= 0.3 is 0 Å². The lowest BCUT2D eigenvalue weighted by Gasteiger charge is -2.39. The van der Waals surface area contributed by atoms with Gasteiger partial charge in [0.25, 0.3) is 0 Å². The second kappa shape index (κ2) is 6.91. The standard InChI is InChI=1S/C14H26NO5S/c1-9-2-6-12(16)11(15-9)5-3-10-4-7-13(17)14(8-10)21(18,19)20/h9-15,17H,2-8H2,1H3,(H,18,19,20)/q-1. The SMILES string of the molecule is CC1CCC([O-])C(CCC2CCC(O)C(S(=O)(=O)[O-])C2)[NH2+]1. The molecular weight excluding hydrogens is 294 g/mol. The molecule has 21 heavy (non-hydrogen) atoms. The highest BCUT2D eigenvalue weighted by molar-refractivity contribution is 7.86. The lowest BCUT2D eigenvalue weighted by atomic mass is 9.82. The van der Waals surface area contributed by atoms with E-state index in [0.29, 0.717) is 18.9 Å². The number of rotatable bonds is 4. The van der Waals surface area contributed by atoms with Gasteiger partial charge in [0.1, 0.15) is 10.1 Å². The quantitative estimate of drug-likeness (QED) is 0.623. The van der Waals surface area contributed by atoms with Crippen molar-refractivity contribution in [2.45, 2.75) is 81.4 Å². The van der Waals surface area contributed by atoms with Crippen molar-refractivity contribution in [2.24, 2.45) is 5.92 Å². The Kier molecular flexibility index (Phi) is 5.65. The molecule has 0 aromatic rings. The molecule has 3 N–H and O–H groups in total. The summed E-state index contributed by atoms with van der Waals surface area (Å²) in [5.74, 6) is 0.125. The smallest absolute Gasteiger partial charge is 0.100 e. The van der Waals surface area contributed by atoms with E-state index in [2.05, 4.69) is 12.2 Å². The highest BCUT2D eigenvalue weighted by Crippen LogP contribution is 2.32. The van der Waals surface area contributed by atoms with E-state index in [4.69, 9.17) is 0 Å². The third kappa shape index (κ3) is 4.63. The first-order chi connectivity index (χ1) is 9.77. The van der Waals surface area contributed by atoms with Crippen molar-refractivity contribution in [3.63, 3.8) is 0 Å². The van der Waals surface area contributed by atoms with Crippen LogP contribution in [0.15, 0.2) is 0 Å². The van der Waals surface area contributed by atoms with Crippen molar-refractivity contribution in [2.75, 3.05) is 0 Å². The Bertz CT molecular complexity index is 441. The van der Waals surface area contributed by atoms with Crippen LogP contribution in [-0.2, 0) is 10.1 Å². The maximum absolute atomic E-state index is 12.0. The normalized spacial score (nSPS) is 41.9. The molecule has 2 aliphatic rings. The van der Waals surface area contributed by atoms with Crippen LogP contribution in [0.4, 0.5) is 0 Å². The number of hydrogen-bond acceptors (Lipinski definition) is 5. The van der Waals surface area contributed by atoms with Gasteiger partial charge in [-0.25, -0.2) is 8.42 Å². The molecule has 6 nitrogen and oxygen atoms in total. The Morgan fingerprint density at radius 2 is 1.90 bits per heavy atom. The van der Waals surface area contributed by atoms with Crippen molar-refractivity contribution in [3.05, 3.63) is 0 Å². The monoisotopic (exact) mass is 320 g/mol. The molecule has 1 aliphatic carbocycles. The van der Waals surface area contributed by atoms with Crippen molar-refractivity contribution in [1.29, 1.82) is 0 Å². The fourth-order valence-corrected chi connectivity index (χ4v) is 4.79. The Hall–Kier alpha value is -0.210. The first-order valence-corrected chi connectivity index (χ1v) is 9.38. The zero-order valence-corrected chi connectivity index (χ0v) is 13.3. The topological polar surface area (TPSA) is 117 Å². The number of hydrogen-bond donors (Lipinski definition) is 2. The van der Waals surface area contributed by atoms with Crippen LogP contribution in [0.2, 0.25) is 0 Å². The third-order valence-electron chi connectivity index (χ3n) is 5.10. The predicted molar refractivity (Wildman–Crippen MR) is 74.3 cm³/mol. The molecule has 124 valence electrons. The van der Waals surface area contributed by atoms with Gasteiger partial charge in [0.15, 0.2) is 0 Å². The lowest BCUT2D eigenvalue weighted by molar-refractivity contribution is -0.754. The largest absolute Gasteiger partial charge is 0.848 e. The van der Waals surface area contributed by atoms with E-state index < -0.39 is 27.6 Å². The van der Waals surface area contributed by atoms with E-state index in [1.165, 1.54) is 0 Å². The Labute approximate surface area is 126 Å². The average molecular weight is 320 g/mol. The Balaban J connectivity index is 1.86. The van der Waals surface area contributed by atoms with Gasteiger partial charge in [-0.1, -0.05) is 12.5 Å². The summed E-state index contributed by atoms with van der Waals surface area (Å²) in [6.45, 7) is 2.12. The van der Waals surface area contributed by atoms with E-state index in [1.54, 1.807) is 0 Å². The number of quaternary nitrogens is 1. The summed E-state index contributed by atoms with van der Waals surface area (Å²) >= 11 is 0. The molecule has 0 amide bonds. The summed E-state index contributed by atoms with van der Waals surface area (Å²) in [6.07, 6.45) is 2.96. The fourth-order valence-electron chi connectivity index (χ4n) is 3.76. The van der Waals surface area contributed by atoms with Crippen LogP contribution >= 0.6 is 0 Å². The van der Waals surface area contributed by atoms with Crippen LogP contribution in [0.3, 0.4) is 0 Å². The van der Waals surface area contributed by atoms with Gasteiger partial charge in [0, 0.05) is 0 Å². The van der Waals surface area contributed by atoms with Gasteiger partial charge in [-0.3, -0.25) is 0 Å². The Morgan fingerprint density at radius 1 is 1.19 bits per heavy atom. The van der Waals surface area contributed by atoms with Gasteiger partial charge < -0.3 is 20.1 Å². The number of piperidine rings is 1. The molecule has 0 spiro atoms. The van der Waals surface area contributed by atoms with E-state index in [0.717, 1.165) is 25.7 Å². The molecule has 1 aliphatic heterocycles. The number of aliphatic hydroxyl groups excluding tert-OH is 1. The second-order valence-electron chi connectivity index (χ2n) is 6.80. The second-order valence-corrected chi connectivity index (χ2v) is 8.40. The average Bonchev–Trinajstić information content (AvgIpc) is 2.40. The molecule has 7 heteroatoms. The van der Waals surface area contributed by atoms with E-state index >= 15 is 0 Å². The van der Waals surface area contributed by atoms with Gasteiger partial charge in [-0.2, -0.15) is 0 Å². The van der Waals surface area contributed by atoms with E-state index in [1.807, 2.05) is 0 Å². The van der Waals surface area contributed by atoms with Gasteiger partial charge in [-0.15, -0.1) is 0 Å². The van der Waals surface area contributed by atoms with Crippen LogP contribution in [0.25, 0.3) is 0 Å². The minimum atomic E-state index is -4.44. The highest BCUT2D eigenvalue weighted by atomic mass is 32.2. The maximum atomic E-state index is 12.0. The van der Waals surface area contributed by atoms with Crippen LogP contribution in [0, 0.1) is 5.92 Å². The molecule has 0 aromatic heterocycles. The van der Waals surface area contributed by atoms with Gasteiger partial charge in [-0.05, 0) is 51.4 Å². The Morgan fingerprint density at radius 3 is 2.57 bits per heavy atom. The molecule has 2 rings (SSSR count). The van der Waals surface area contributed by atoms with Gasteiger partial charge in [0.05, 0.1) is 23.4 Å².